The molecule has 34 heavy (non-hydrogen) atoms. The second kappa shape index (κ2) is 8.81. The highest BCUT2D eigenvalue weighted by Gasteiger charge is 2.29. The third-order valence-corrected chi connectivity index (χ3v) is 7.03. The molecule has 0 atom stereocenters. The summed E-state index contributed by atoms with van der Waals surface area (Å²) >= 11 is 6.48. The maximum atomic E-state index is 6.48. The number of nitrogens with zero attached hydrogens (tertiary/aromatic N) is 5. The van der Waals surface area contributed by atoms with Gasteiger partial charge in [-0.25, -0.2) is 15.0 Å². The number of hydrogen-bond donors (Lipinski definition) is 2. The largest absolute Gasteiger partial charge is 0.353 e. The van der Waals surface area contributed by atoms with Crippen molar-refractivity contribution in [2.75, 3.05) is 36.4 Å². The van der Waals surface area contributed by atoms with E-state index >= 15 is 0 Å². The zero-order chi connectivity index (χ0) is 23.1. The maximum absolute atomic E-state index is 6.48. The van der Waals surface area contributed by atoms with Gasteiger partial charge in [0.2, 0.25) is 0 Å². The first kappa shape index (κ1) is 21.3. The fourth-order valence-corrected chi connectivity index (χ4v) is 4.72. The standard InChI is InChI=1S/C26H26ClN7/c1-16-3-2-4-20(24(16)27)31-22-13-18(7-8-30-22)25-32-21-15-29-14-19(17-5-6-17)23(21)26(33-25)34-11-9-28-10-12-34/h2-4,7-8,13-15,17,28H,5-6,9-12H2,1H3,(H,30,31). The molecule has 4 heterocycles. The molecular formula is C26H26ClN7. The van der Waals surface area contributed by atoms with Crippen LogP contribution in [0.4, 0.5) is 17.3 Å². The Bertz CT molecular complexity index is 1360. The van der Waals surface area contributed by atoms with E-state index in [1.807, 2.05) is 49.6 Å². The maximum Gasteiger partial charge on any atom is 0.162 e. The second-order valence-electron chi connectivity index (χ2n) is 9.00. The summed E-state index contributed by atoms with van der Waals surface area (Å²) in [5, 5.41) is 8.63. The lowest BCUT2D eigenvalue weighted by Gasteiger charge is -2.30. The van der Waals surface area contributed by atoms with Crippen LogP contribution in [0.15, 0.2) is 48.9 Å². The van der Waals surface area contributed by atoms with Crippen molar-refractivity contribution >= 4 is 39.8 Å². The van der Waals surface area contributed by atoms with Crippen molar-refractivity contribution in [3.8, 4) is 11.4 Å². The molecule has 0 unspecified atom stereocenters. The first-order valence-corrected chi connectivity index (χ1v) is 12.1. The molecule has 0 spiro atoms. The average molecular weight is 472 g/mol. The lowest BCUT2D eigenvalue weighted by molar-refractivity contribution is 0.586. The molecule has 2 N–H and O–H groups in total. The molecular weight excluding hydrogens is 446 g/mol. The summed E-state index contributed by atoms with van der Waals surface area (Å²) in [6.45, 7) is 5.73. The van der Waals surface area contributed by atoms with Crippen LogP contribution in [0.3, 0.4) is 0 Å². The van der Waals surface area contributed by atoms with Crippen LogP contribution in [-0.4, -0.2) is 46.1 Å². The van der Waals surface area contributed by atoms with Crippen molar-refractivity contribution in [3.63, 3.8) is 0 Å². The van der Waals surface area contributed by atoms with E-state index in [0.29, 0.717) is 22.6 Å². The SMILES string of the molecule is Cc1cccc(Nc2cc(-c3nc(N4CCNCC4)c4c(C5CC5)cncc4n3)ccn2)c1Cl. The van der Waals surface area contributed by atoms with E-state index in [1.165, 1.54) is 18.4 Å². The van der Waals surface area contributed by atoms with Gasteiger partial charge in [0, 0.05) is 49.5 Å². The fraction of sp³-hybridized carbons (Fsp3) is 0.308. The molecule has 0 bridgehead atoms. The van der Waals surface area contributed by atoms with Crippen molar-refractivity contribution in [2.24, 2.45) is 0 Å². The normalized spacial score (nSPS) is 16.1. The Kier molecular flexibility index (Phi) is 5.51. The molecule has 0 radical (unpaired) electrons. The molecule has 1 aliphatic heterocycles. The van der Waals surface area contributed by atoms with Crippen LogP contribution in [-0.2, 0) is 0 Å². The van der Waals surface area contributed by atoms with Crippen molar-refractivity contribution in [3.05, 3.63) is 65.1 Å². The summed E-state index contributed by atoms with van der Waals surface area (Å²) in [6, 6.07) is 9.83. The van der Waals surface area contributed by atoms with Crippen molar-refractivity contribution in [1.29, 1.82) is 0 Å². The molecule has 4 aromatic rings. The van der Waals surface area contributed by atoms with Crippen LogP contribution in [0.1, 0.15) is 29.9 Å². The Morgan fingerprint density at radius 1 is 1.09 bits per heavy atom. The fourth-order valence-electron chi connectivity index (χ4n) is 4.55. The highest BCUT2D eigenvalue weighted by atomic mass is 35.5. The summed E-state index contributed by atoms with van der Waals surface area (Å²) in [5.74, 6) is 2.96. The molecule has 8 heteroatoms. The van der Waals surface area contributed by atoms with Gasteiger partial charge in [-0.3, -0.25) is 4.98 Å². The predicted octanol–water partition coefficient (Wildman–Crippen LogP) is 5.08. The molecule has 1 aliphatic carbocycles. The van der Waals surface area contributed by atoms with Crippen LogP contribution in [0, 0.1) is 6.92 Å². The van der Waals surface area contributed by atoms with Gasteiger partial charge in [0.05, 0.1) is 22.4 Å². The Morgan fingerprint density at radius 2 is 1.94 bits per heavy atom. The molecule has 1 saturated carbocycles. The van der Waals surface area contributed by atoms with Crippen molar-refractivity contribution in [2.45, 2.75) is 25.7 Å². The summed E-state index contributed by atoms with van der Waals surface area (Å²) < 4.78 is 0. The van der Waals surface area contributed by atoms with E-state index in [0.717, 1.165) is 59.7 Å². The first-order valence-electron chi connectivity index (χ1n) is 11.8. The van der Waals surface area contributed by atoms with Gasteiger partial charge in [0.15, 0.2) is 5.82 Å². The topological polar surface area (TPSA) is 78.9 Å². The van der Waals surface area contributed by atoms with Gasteiger partial charge in [-0.15, -0.1) is 0 Å². The number of aromatic nitrogens is 4. The van der Waals surface area contributed by atoms with E-state index < -0.39 is 0 Å². The van der Waals surface area contributed by atoms with E-state index in [-0.39, 0.29) is 0 Å². The average Bonchev–Trinajstić information content (AvgIpc) is 3.72. The summed E-state index contributed by atoms with van der Waals surface area (Å²) in [5.41, 5.74) is 4.92. The van der Waals surface area contributed by atoms with Crippen LogP contribution in [0.2, 0.25) is 5.02 Å². The van der Waals surface area contributed by atoms with E-state index in [4.69, 9.17) is 21.6 Å². The number of aryl methyl sites for hydroxylation is 1. The molecule has 0 amide bonds. The summed E-state index contributed by atoms with van der Waals surface area (Å²) in [4.78, 5) is 21.5. The van der Waals surface area contributed by atoms with Crippen LogP contribution < -0.4 is 15.5 Å². The molecule has 7 nitrogen and oxygen atoms in total. The number of anilines is 3. The van der Waals surface area contributed by atoms with Crippen LogP contribution in [0.5, 0.6) is 0 Å². The van der Waals surface area contributed by atoms with Gasteiger partial charge in [-0.05, 0) is 55.0 Å². The number of rotatable bonds is 5. The van der Waals surface area contributed by atoms with Crippen LogP contribution >= 0.6 is 11.6 Å². The van der Waals surface area contributed by atoms with Gasteiger partial charge in [0.25, 0.3) is 0 Å². The van der Waals surface area contributed by atoms with E-state index in [1.54, 1.807) is 6.20 Å². The number of benzene rings is 1. The minimum absolute atomic E-state index is 0.572. The van der Waals surface area contributed by atoms with E-state index in [9.17, 15) is 0 Å². The third-order valence-electron chi connectivity index (χ3n) is 6.52. The van der Waals surface area contributed by atoms with Gasteiger partial charge in [-0.1, -0.05) is 23.7 Å². The number of piperazine rings is 1. The Balaban J connectivity index is 1.44. The first-order chi connectivity index (χ1) is 16.7. The lowest BCUT2D eigenvalue weighted by Crippen LogP contribution is -2.44. The molecule has 1 aromatic carbocycles. The van der Waals surface area contributed by atoms with Gasteiger partial charge in [-0.2, -0.15) is 0 Å². The minimum Gasteiger partial charge on any atom is -0.353 e. The zero-order valence-electron chi connectivity index (χ0n) is 19.1. The third kappa shape index (κ3) is 4.06. The quantitative estimate of drug-likeness (QED) is 0.420. The molecule has 2 fully saturated rings. The zero-order valence-corrected chi connectivity index (χ0v) is 19.8. The monoisotopic (exact) mass is 471 g/mol. The molecule has 1 saturated heterocycles. The number of pyridine rings is 2. The van der Waals surface area contributed by atoms with Gasteiger partial charge < -0.3 is 15.5 Å². The smallest absolute Gasteiger partial charge is 0.162 e. The summed E-state index contributed by atoms with van der Waals surface area (Å²) in [6.07, 6.45) is 8.08. The molecule has 172 valence electrons. The Labute approximate surface area is 203 Å². The second-order valence-corrected chi connectivity index (χ2v) is 9.37. The molecule has 6 rings (SSSR count). The summed E-state index contributed by atoms with van der Waals surface area (Å²) in [7, 11) is 0. The molecule has 3 aromatic heterocycles. The highest BCUT2D eigenvalue weighted by Crippen LogP contribution is 2.44. The lowest BCUT2D eigenvalue weighted by atomic mass is 10.1. The highest BCUT2D eigenvalue weighted by molar-refractivity contribution is 6.34. The predicted molar refractivity (Wildman–Crippen MR) is 137 cm³/mol. The van der Waals surface area contributed by atoms with Gasteiger partial charge >= 0.3 is 0 Å². The van der Waals surface area contributed by atoms with Crippen LogP contribution in [0.25, 0.3) is 22.3 Å². The van der Waals surface area contributed by atoms with Gasteiger partial charge in [0.1, 0.15) is 11.6 Å². The van der Waals surface area contributed by atoms with Crippen molar-refractivity contribution in [1.82, 2.24) is 25.3 Å². The number of hydrogen-bond acceptors (Lipinski definition) is 7. The Morgan fingerprint density at radius 3 is 2.76 bits per heavy atom. The number of fused-ring (bicyclic) bond motifs is 1. The van der Waals surface area contributed by atoms with E-state index in [2.05, 4.69) is 25.5 Å². The minimum atomic E-state index is 0.572. The number of nitrogens with one attached hydrogen (secondary N) is 2. The number of halogens is 1. The molecule has 2 aliphatic rings. The van der Waals surface area contributed by atoms with Crippen molar-refractivity contribution < 1.29 is 0 Å². The Hall–Kier alpha value is -3.29.